The zero-order valence-electron chi connectivity index (χ0n) is 14.5. The van der Waals surface area contributed by atoms with Crippen LogP contribution in [-0.4, -0.2) is 34.3 Å². The predicted octanol–water partition coefficient (Wildman–Crippen LogP) is 3.27. The summed E-state index contributed by atoms with van der Waals surface area (Å²) in [6.07, 6.45) is 1.94. The monoisotopic (exact) mass is 322 g/mol. The Labute approximate surface area is 141 Å². The van der Waals surface area contributed by atoms with E-state index in [1.54, 1.807) is 0 Å². The summed E-state index contributed by atoms with van der Waals surface area (Å²) in [6, 6.07) is 11.8. The van der Waals surface area contributed by atoms with Gasteiger partial charge < -0.3 is 14.6 Å². The second-order valence-electron chi connectivity index (χ2n) is 6.35. The van der Waals surface area contributed by atoms with Crippen LogP contribution in [0.3, 0.4) is 0 Å². The van der Waals surface area contributed by atoms with Gasteiger partial charge in [-0.1, -0.05) is 18.2 Å². The van der Waals surface area contributed by atoms with E-state index in [0.29, 0.717) is 12.2 Å². The largest absolute Gasteiger partial charge is 0.320 e. The Morgan fingerprint density at radius 3 is 2.75 bits per heavy atom. The molecule has 0 aliphatic rings. The van der Waals surface area contributed by atoms with E-state index in [-0.39, 0.29) is 5.91 Å². The van der Waals surface area contributed by atoms with E-state index < -0.39 is 0 Å². The van der Waals surface area contributed by atoms with Crippen molar-refractivity contribution in [2.45, 2.75) is 20.4 Å². The zero-order valence-corrected chi connectivity index (χ0v) is 14.5. The average Bonchev–Trinajstić information content (AvgIpc) is 2.89. The lowest BCUT2D eigenvalue weighted by atomic mass is 10.1. The highest BCUT2D eigenvalue weighted by atomic mass is 16.1. The average molecular weight is 322 g/mol. The number of aryl methyl sites for hydroxylation is 2. The van der Waals surface area contributed by atoms with E-state index in [1.807, 2.05) is 79.8 Å². The highest BCUT2D eigenvalue weighted by Crippen LogP contribution is 2.20. The van der Waals surface area contributed by atoms with Crippen LogP contribution in [0.2, 0.25) is 0 Å². The van der Waals surface area contributed by atoms with Crippen LogP contribution in [0.4, 0.5) is 5.69 Å². The van der Waals surface area contributed by atoms with Crippen LogP contribution in [0, 0.1) is 13.8 Å². The first kappa shape index (κ1) is 16.2. The fourth-order valence-corrected chi connectivity index (χ4v) is 2.73. The Balaban J connectivity index is 2.01. The number of carbonyl (C=O) groups is 1. The summed E-state index contributed by atoms with van der Waals surface area (Å²) in [5.41, 5.74) is 5.11. The number of hydrogen-bond donors (Lipinski definition) is 1. The molecule has 0 atom stereocenters. The van der Waals surface area contributed by atoms with E-state index in [1.165, 1.54) is 0 Å². The maximum atomic E-state index is 12.8. The molecule has 24 heavy (non-hydrogen) atoms. The minimum atomic E-state index is -0.177. The van der Waals surface area contributed by atoms with Crippen molar-refractivity contribution in [2.75, 3.05) is 19.4 Å². The molecule has 2 aromatic heterocycles. The third-order valence-corrected chi connectivity index (χ3v) is 3.95. The summed E-state index contributed by atoms with van der Waals surface area (Å²) in [5.74, 6) is -0.177. The van der Waals surface area contributed by atoms with Gasteiger partial charge in [-0.15, -0.1) is 0 Å². The molecule has 1 N–H and O–H groups in total. The second-order valence-corrected chi connectivity index (χ2v) is 6.35. The number of nitrogens with one attached hydrogen (secondary N) is 1. The molecule has 0 aliphatic heterocycles. The van der Waals surface area contributed by atoms with Crippen LogP contribution in [0.25, 0.3) is 5.65 Å². The van der Waals surface area contributed by atoms with E-state index in [2.05, 4.69) is 10.3 Å². The third kappa shape index (κ3) is 3.16. The fraction of sp³-hybridized carbons (Fsp3) is 0.263. The van der Waals surface area contributed by atoms with Gasteiger partial charge in [0.1, 0.15) is 5.65 Å². The lowest BCUT2D eigenvalue weighted by molar-refractivity contribution is 0.102. The standard InChI is InChI=1S/C19H22N4O/c1-13-8-9-14(2)15(11-13)20-19(24)18-16(12-22(3)4)23-10-6-5-7-17(23)21-18/h5-11H,12H2,1-4H3,(H,20,24). The van der Waals surface area contributed by atoms with Crippen LogP contribution >= 0.6 is 0 Å². The van der Waals surface area contributed by atoms with Gasteiger partial charge in [0.15, 0.2) is 5.69 Å². The molecule has 3 rings (SSSR count). The van der Waals surface area contributed by atoms with Gasteiger partial charge in [-0.2, -0.15) is 0 Å². The van der Waals surface area contributed by atoms with Crippen LogP contribution in [-0.2, 0) is 6.54 Å². The summed E-state index contributed by atoms with van der Waals surface area (Å²) in [6.45, 7) is 4.64. The fourth-order valence-electron chi connectivity index (χ4n) is 2.73. The van der Waals surface area contributed by atoms with E-state index in [4.69, 9.17) is 0 Å². The molecule has 0 bridgehead atoms. The second kappa shape index (κ2) is 6.45. The minimum absolute atomic E-state index is 0.177. The first-order valence-corrected chi connectivity index (χ1v) is 7.95. The molecular weight excluding hydrogens is 300 g/mol. The van der Waals surface area contributed by atoms with E-state index >= 15 is 0 Å². The first-order chi connectivity index (χ1) is 11.5. The molecule has 1 amide bonds. The molecule has 0 unspecified atom stereocenters. The minimum Gasteiger partial charge on any atom is -0.320 e. The van der Waals surface area contributed by atoms with Gasteiger partial charge in [-0.05, 0) is 57.3 Å². The topological polar surface area (TPSA) is 49.6 Å². The number of anilines is 1. The molecule has 0 fully saturated rings. The maximum Gasteiger partial charge on any atom is 0.276 e. The smallest absolute Gasteiger partial charge is 0.276 e. The highest BCUT2D eigenvalue weighted by Gasteiger charge is 2.19. The Hall–Kier alpha value is -2.66. The number of aromatic nitrogens is 2. The van der Waals surface area contributed by atoms with Gasteiger partial charge >= 0.3 is 0 Å². The quantitative estimate of drug-likeness (QED) is 0.802. The van der Waals surface area contributed by atoms with Crippen molar-refractivity contribution >= 4 is 17.2 Å². The highest BCUT2D eigenvalue weighted by molar-refractivity contribution is 6.04. The van der Waals surface area contributed by atoms with Crippen LogP contribution in [0.1, 0.15) is 27.3 Å². The van der Waals surface area contributed by atoms with Gasteiger partial charge in [0.2, 0.25) is 0 Å². The first-order valence-electron chi connectivity index (χ1n) is 7.95. The molecule has 0 spiro atoms. The molecule has 3 aromatic rings. The number of amides is 1. The van der Waals surface area contributed by atoms with Crippen LogP contribution in [0.5, 0.6) is 0 Å². The van der Waals surface area contributed by atoms with Gasteiger partial charge in [-0.3, -0.25) is 4.79 Å². The number of nitrogens with zero attached hydrogens (tertiary/aromatic N) is 3. The van der Waals surface area contributed by atoms with Crippen molar-refractivity contribution in [3.8, 4) is 0 Å². The van der Waals surface area contributed by atoms with Crippen molar-refractivity contribution in [3.63, 3.8) is 0 Å². The van der Waals surface area contributed by atoms with Gasteiger partial charge in [0.05, 0.1) is 5.69 Å². The lowest BCUT2D eigenvalue weighted by Gasteiger charge is -2.12. The molecule has 5 heteroatoms. The molecule has 0 radical (unpaired) electrons. The number of hydrogen-bond acceptors (Lipinski definition) is 3. The number of benzene rings is 1. The number of imidazole rings is 1. The Bertz CT molecular complexity index is 896. The molecule has 124 valence electrons. The number of carbonyl (C=O) groups excluding carboxylic acids is 1. The summed E-state index contributed by atoms with van der Waals surface area (Å²) < 4.78 is 1.97. The Morgan fingerprint density at radius 1 is 1.21 bits per heavy atom. The van der Waals surface area contributed by atoms with E-state index in [0.717, 1.165) is 28.2 Å². The van der Waals surface area contributed by atoms with Crippen molar-refractivity contribution in [2.24, 2.45) is 0 Å². The summed E-state index contributed by atoms with van der Waals surface area (Å²) in [7, 11) is 3.96. The van der Waals surface area contributed by atoms with Crippen molar-refractivity contribution in [3.05, 3.63) is 65.1 Å². The summed E-state index contributed by atoms with van der Waals surface area (Å²) in [4.78, 5) is 19.4. The van der Waals surface area contributed by atoms with Gasteiger partial charge in [-0.25, -0.2) is 4.98 Å². The van der Waals surface area contributed by atoms with Crippen molar-refractivity contribution < 1.29 is 4.79 Å². The molecule has 0 saturated carbocycles. The SMILES string of the molecule is Cc1ccc(C)c(NC(=O)c2nc3ccccn3c2CN(C)C)c1. The molecule has 2 heterocycles. The Kier molecular flexibility index (Phi) is 4.36. The molecule has 0 saturated heterocycles. The third-order valence-electron chi connectivity index (χ3n) is 3.95. The molecule has 0 aliphatic carbocycles. The predicted molar refractivity (Wildman–Crippen MR) is 96.5 cm³/mol. The zero-order chi connectivity index (χ0) is 17.3. The van der Waals surface area contributed by atoms with Crippen LogP contribution < -0.4 is 5.32 Å². The molecule has 1 aromatic carbocycles. The normalized spacial score (nSPS) is 11.2. The number of fused-ring (bicyclic) bond motifs is 1. The number of rotatable bonds is 4. The number of pyridine rings is 1. The summed E-state index contributed by atoms with van der Waals surface area (Å²) in [5, 5.41) is 3.01. The van der Waals surface area contributed by atoms with Gasteiger partial charge in [0.25, 0.3) is 5.91 Å². The Morgan fingerprint density at radius 2 is 2.00 bits per heavy atom. The lowest BCUT2D eigenvalue weighted by Crippen LogP contribution is -2.19. The maximum absolute atomic E-state index is 12.8. The van der Waals surface area contributed by atoms with Crippen molar-refractivity contribution in [1.82, 2.24) is 14.3 Å². The van der Waals surface area contributed by atoms with Crippen molar-refractivity contribution in [1.29, 1.82) is 0 Å². The van der Waals surface area contributed by atoms with Gasteiger partial charge in [0, 0.05) is 18.4 Å². The molecular formula is C19H22N4O. The van der Waals surface area contributed by atoms with Crippen LogP contribution in [0.15, 0.2) is 42.6 Å². The molecule has 5 nitrogen and oxygen atoms in total. The van der Waals surface area contributed by atoms with E-state index in [9.17, 15) is 4.79 Å². The summed E-state index contributed by atoms with van der Waals surface area (Å²) >= 11 is 0.